The van der Waals surface area contributed by atoms with E-state index in [1.165, 1.54) is 5.56 Å². The number of benzene rings is 2. The van der Waals surface area contributed by atoms with E-state index in [0.717, 1.165) is 41.4 Å². The van der Waals surface area contributed by atoms with Crippen molar-refractivity contribution in [3.8, 4) is 22.9 Å². The SMILES string of the molecule is COc1c2c(cc3c1C(c1nnnn1-c1ccccc1C)[N+](C)(C)CC3)OCO2. The Bertz CT molecular complexity index is 1090. The van der Waals surface area contributed by atoms with Crippen molar-refractivity contribution < 1.29 is 18.7 Å². The van der Waals surface area contributed by atoms with Gasteiger partial charge in [-0.3, -0.25) is 0 Å². The number of hydrogen-bond donors (Lipinski definition) is 0. The number of methoxy groups -OCH3 is 1. The molecule has 5 rings (SSSR count). The first kappa shape index (κ1) is 17.9. The fourth-order valence-electron chi connectivity index (χ4n) is 4.45. The van der Waals surface area contributed by atoms with E-state index in [4.69, 9.17) is 14.2 Å². The molecule has 0 spiro atoms. The van der Waals surface area contributed by atoms with Gasteiger partial charge in [-0.1, -0.05) is 18.2 Å². The number of ether oxygens (including phenoxy) is 3. The molecule has 1 atom stereocenters. The highest BCUT2D eigenvalue weighted by Gasteiger charge is 2.45. The third kappa shape index (κ3) is 2.66. The Labute approximate surface area is 169 Å². The molecule has 2 aliphatic rings. The maximum Gasteiger partial charge on any atom is 0.231 e. The summed E-state index contributed by atoms with van der Waals surface area (Å²) >= 11 is 0. The molecule has 2 aliphatic heterocycles. The summed E-state index contributed by atoms with van der Waals surface area (Å²) in [6.45, 7) is 3.22. The number of tetrazole rings is 1. The van der Waals surface area contributed by atoms with Gasteiger partial charge in [0.1, 0.15) is 0 Å². The fraction of sp³-hybridized carbons (Fsp3) is 0.381. The molecule has 1 unspecified atom stereocenters. The fourth-order valence-corrected chi connectivity index (χ4v) is 4.45. The van der Waals surface area contributed by atoms with Gasteiger partial charge in [-0.15, -0.1) is 5.10 Å². The lowest BCUT2D eigenvalue weighted by Gasteiger charge is -2.42. The highest BCUT2D eigenvalue weighted by molar-refractivity contribution is 5.62. The van der Waals surface area contributed by atoms with Crippen molar-refractivity contribution in [3.63, 3.8) is 0 Å². The molecular weight excluding hydrogens is 370 g/mol. The van der Waals surface area contributed by atoms with Crippen molar-refractivity contribution in [3.05, 3.63) is 52.8 Å². The number of para-hydroxylation sites is 1. The Morgan fingerprint density at radius 1 is 1.21 bits per heavy atom. The van der Waals surface area contributed by atoms with Crippen LogP contribution in [0.25, 0.3) is 5.69 Å². The second kappa shape index (κ2) is 6.45. The van der Waals surface area contributed by atoms with Crippen LogP contribution >= 0.6 is 0 Å². The number of hydrogen-bond acceptors (Lipinski definition) is 6. The average molecular weight is 394 g/mol. The lowest BCUT2D eigenvalue weighted by molar-refractivity contribution is -0.917. The molecular formula is C21H24N5O3+. The zero-order valence-corrected chi connectivity index (χ0v) is 17.0. The molecule has 0 amide bonds. The van der Waals surface area contributed by atoms with Crippen LogP contribution in [-0.2, 0) is 6.42 Å². The van der Waals surface area contributed by atoms with Crippen LogP contribution in [0.5, 0.6) is 17.2 Å². The minimum atomic E-state index is -0.113. The van der Waals surface area contributed by atoms with Crippen molar-refractivity contribution in [1.82, 2.24) is 20.2 Å². The Balaban J connectivity index is 1.76. The Hall–Kier alpha value is -3.13. The van der Waals surface area contributed by atoms with Crippen LogP contribution in [0, 0.1) is 6.92 Å². The number of quaternary nitrogens is 1. The molecule has 0 fully saturated rings. The topological polar surface area (TPSA) is 71.3 Å². The molecule has 1 aromatic heterocycles. The smallest absolute Gasteiger partial charge is 0.231 e. The summed E-state index contributed by atoms with van der Waals surface area (Å²) in [6.07, 6.45) is 0.914. The van der Waals surface area contributed by atoms with Gasteiger partial charge in [-0.2, -0.15) is 4.68 Å². The number of likely N-dealkylation sites (N-methyl/N-ethyl adjacent to an activating group) is 1. The first-order valence-electron chi connectivity index (χ1n) is 9.67. The summed E-state index contributed by atoms with van der Waals surface area (Å²) in [5.74, 6) is 2.89. The Kier molecular flexibility index (Phi) is 3.99. The largest absolute Gasteiger partial charge is 0.492 e. The highest BCUT2D eigenvalue weighted by Crippen LogP contribution is 2.51. The lowest BCUT2D eigenvalue weighted by atomic mass is 9.88. The van der Waals surface area contributed by atoms with Crippen molar-refractivity contribution >= 4 is 0 Å². The second-order valence-electron chi connectivity index (χ2n) is 8.11. The minimum absolute atomic E-state index is 0.113. The van der Waals surface area contributed by atoms with Gasteiger partial charge < -0.3 is 18.7 Å². The van der Waals surface area contributed by atoms with E-state index in [0.29, 0.717) is 16.0 Å². The predicted molar refractivity (Wildman–Crippen MR) is 106 cm³/mol. The van der Waals surface area contributed by atoms with Gasteiger partial charge in [0.25, 0.3) is 0 Å². The van der Waals surface area contributed by atoms with E-state index >= 15 is 0 Å². The number of aryl methyl sites for hydroxylation is 1. The van der Waals surface area contributed by atoms with Crippen molar-refractivity contribution in [2.45, 2.75) is 19.4 Å². The van der Waals surface area contributed by atoms with Crippen molar-refractivity contribution in [1.29, 1.82) is 0 Å². The molecule has 0 radical (unpaired) electrons. The standard InChI is InChI=1S/C21H24N5O3/c1-13-7-5-6-8-15(13)25-21(22-23-24-25)18-17-14(9-10-26(18,2)3)11-16-19(20(17)27-4)29-12-28-16/h5-8,11,18H,9-10,12H2,1-4H3/q+1. The quantitative estimate of drug-likeness (QED) is 0.636. The van der Waals surface area contributed by atoms with E-state index in [2.05, 4.69) is 48.7 Å². The molecule has 8 nitrogen and oxygen atoms in total. The molecule has 2 aromatic carbocycles. The highest BCUT2D eigenvalue weighted by atomic mass is 16.7. The number of nitrogens with zero attached hydrogens (tertiary/aromatic N) is 5. The second-order valence-corrected chi connectivity index (χ2v) is 8.11. The van der Waals surface area contributed by atoms with Gasteiger partial charge in [0.2, 0.25) is 18.4 Å². The summed E-state index contributed by atoms with van der Waals surface area (Å²) in [7, 11) is 6.08. The van der Waals surface area contributed by atoms with Crippen molar-refractivity contribution in [2.75, 3.05) is 34.5 Å². The monoisotopic (exact) mass is 394 g/mol. The van der Waals surface area contributed by atoms with Crippen molar-refractivity contribution in [2.24, 2.45) is 0 Å². The Morgan fingerprint density at radius 2 is 2.03 bits per heavy atom. The third-order valence-corrected chi connectivity index (χ3v) is 5.96. The number of fused-ring (bicyclic) bond motifs is 2. The molecule has 3 aromatic rings. The Morgan fingerprint density at radius 3 is 2.83 bits per heavy atom. The van der Waals surface area contributed by atoms with Crippen LogP contribution in [0.4, 0.5) is 0 Å². The first-order chi connectivity index (χ1) is 14.0. The number of rotatable bonds is 3. The molecule has 0 bridgehead atoms. The molecule has 3 heterocycles. The van der Waals surface area contributed by atoms with E-state index in [1.807, 2.05) is 22.9 Å². The van der Waals surface area contributed by atoms with Gasteiger partial charge in [0.05, 0.1) is 39.0 Å². The summed E-state index contributed by atoms with van der Waals surface area (Å²) in [5.41, 5.74) is 4.34. The first-order valence-corrected chi connectivity index (χ1v) is 9.67. The van der Waals surface area contributed by atoms with Crippen LogP contribution < -0.4 is 14.2 Å². The van der Waals surface area contributed by atoms with Gasteiger partial charge in [-0.25, -0.2) is 0 Å². The third-order valence-electron chi connectivity index (χ3n) is 5.96. The maximum atomic E-state index is 5.85. The molecule has 0 N–H and O–H groups in total. The van der Waals surface area contributed by atoms with Crippen LogP contribution in [0.15, 0.2) is 30.3 Å². The summed E-state index contributed by atoms with van der Waals surface area (Å²) < 4.78 is 19.8. The predicted octanol–water partition coefficient (Wildman–Crippen LogP) is 2.43. The van der Waals surface area contributed by atoms with Gasteiger partial charge in [0, 0.05) is 6.42 Å². The summed E-state index contributed by atoms with van der Waals surface area (Å²) in [5, 5.41) is 12.9. The molecule has 0 aliphatic carbocycles. The summed E-state index contributed by atoms with van der Waals surface area (Å²) in [6, 6.07) is 10.1. The zero-order chi connectivity index (χ0) is 20.2. The van der Waals surface area contributed by atoms with Crippen LogP contribution in [0.2, 0.25) is 0 Å². The average Bonchev–Trinajstić information content (AvgIpc) is 3.35. The van der Waals surface area contributed by atoms with Gasteiger partial charge in [0.15, 0.2) is 17.5 Å². The maximum absolute atomic E-state index is 5.85. The normalized spacial score (nSPS) is 19.1. The molecule has 29 heavy (non-hydrogen) atoms. The van der Waals surface area contributed by atoms with Gasteiger partial charge in [-0.05, 0) is 40.6 Å². The molecule has 8 heteroatoms. The van der Waals surface area contributed by atoms with Crippen LogP contribution in [0.1, 0.15) is 28.6 Å². The van der Waals surface area contributed by atoms with Crippen LogP contribution in [-0.4, -0.2) is 59.2 Å². The molecule has 0 saturated heterocycles. The van der Waals surface area contributed by atoms with E-state index < -0.39 is 0 Å². The summed E-state index contributed by atoms with van der Waals surface area (Å²) in [4.78, 5) is 0. The van der Waals surface area contributed by atoms with E-state index in [1.54, 1.807) is 7.11 Å². The van der Waals surface area contributed by atoms with Crippen LogP contribution in [0.3, 0.4) is 0 Å². The van der Waals surface area contributed by atoms with Gasteiger partial charge >= 0.3 is 0 Å². The number of aromatic nitrogens is 4. The van der Waals surface area contributed by atoms with E-state index in [9.17, 15) is 0 Å². The minimum Gasteiger partial charge on any atom is -0.492 e. The lowest BCUT2D eigenvalue weighted by Crippen LogP contribution is -2.49. The molecule has 150 valence electrons. The van der Waals surface area contributed by atoms with E-state index in [-0.39, 0.29) is 12.8 Å². The zero-order valence-electron chi connectivity index (χ0n) is 17.0. The molecule has 0 saturated carbocycles.